The molecule has 2 amide bonds. The number of nitrogens with zero attached hydrogens (tertiary/aromatic N) is 1. The first-order valence-corrected chi connectivity index (χ1v) is 10.6. The van der Waals surface area contributed by atoms with E-state index in [2.05, 4.69) is 19.2 Å². The van der Waals surface area contributed by atoms with E-state index in [-0.39, 0.29) is 22.9 Å². The molecule has 0 radical (unpaired) electrons. The molecule has 0 spiro atoms. The van der Waals surface area contributed by atoms with Gasteiger partial charge in [0.2, 0.25) is 5.91 Å². The Morgan fingerprint density at radius 3 is 2.52 bits per heavy atom. The monoisotopic (exact) mass is 416 g/mol. The van der Waals surface area contributed by atoms with Crippen molar-refractivity contribution in [3.63, 3.8) is 0 Å². The van der Waals surface area contributed by atoms with Crippen LogP contribution in [0.1, 0.15) is 30.6 Å². The fourth-order valence-electron chi connectivity index (χ4n) is 3.28. The van der Waals surface area contributed by atoms with E-state index < -0.39 is 11.9 Å². The van der Waals surface area contributed by atoms with Crippen LogP contribution in [0.2, 0.25) is 0 Å². The average molecular weight is 417 g/mol. The highest BCUT2D eigenvalue weighted by molar-refractivity contribution is 8.00. The van der Waals surface area contributed by atoms with Crippen LogP contribution >= 0.6 is 11.8 Å². The van der Waals surface area contributed by atoms with Crippen LogP contribution in [0.4, 0.5) is 10.1 Å². The quantitative estimate of drug-likeness (QED) is 0.758. The molecule has 0 bridgehead atoms. The summed E-state index contributed by atoms with van der Waals surface area (Å²) in [6, 6.07) is 12.2. The van der Waals surface area contributed by atoms with Crippen molar-refractivity contribution in [2.24, 2.45) is 5.92 Å². The number of hydrogen-bond donors (Lipinski definition) is 1. The summed E-state index contributed by atoms with van der Waals surface area (Å²) in [5, 5.41) is 2.53. The van der Waals surface area contributed by atoms with E-state index in [0.717, 1.165) is 6.42 Å². The van der Waals surface area contributed by atoms with Crippen molar-refractivity contribution in [3.05, 3.63) is 59.9 Å². The molecule has 2 unspecified atom stereocenters. The van der Waals surface area contributed by atoms with Gasteiger partial charge < -0.3 is 15.0 Å². The summed E-state index contributed by atoms with van der Waals surface area (Å²) in [6.07, 6.45) is 0.774. The lowest BCUT2D eigenvalue weighted by molar-refractivity contribution is -0.119. The number of benzene rings is 2. The molecule has 0 saturated carbocycles. The van der Waals surface area contributed by atoms with Crippen LogP contribution in [-0.4, -0.2) is 41.0 Å². The van der Waals surface area contributed by atoms with Gasteiger partial charge in [0.15, 0.2) is 0 Å². The number of carbonyl (C=O) groups is 2. The van der Waals surface area contributed by atoms with E-state index in [1.807, 2.05) is 0 Å². The maximum Gasteiger partial charge on any atom is 0.255 e. The van der Waals surface area contributed by atoms with Gasteiger partial charge in [-0.25, -0.2) is 4.39 Å². The van der Waals surface area contributed by atoms with Crippen LogP contribution in [0.25, 0.3) is 0 Å². The van der Waals surface area contributed by atoms with Crippen molar-refractivity contribution in [2.75, 3.05) is 18.2 Å². The van der Waals surface area contributed by atoms with Gasteiger partial charge in [0.1, 0.15) is 17.6 Å². The Hall–Kier alpha value is -2.54. The molecule has 2 aromatic rings. The molecular formula is C22H25FN2O3S. The Balaban J connectivity index is 1.85. The normalized spacial score (nSPS) is 18.7. The molecule has 0 aromatic heterocycles. The topological polar surface area (TPSA) is 58.6 Å². The summed E-state index contributed by atoms with van der Waals surface area (Å²) in [6.45, 7) is 4.17. The first-order chi connectivity index (χ1) is 13.9. The minimum absolute atomic E-state index is 0.110. The fourth-order valence-corrected chi connectivity index (χ4v) is 4.92. The lowest BCUT2D eigenvalue weighted by Gasteiger charge is -2.30. The predicted molar refractivity (Wildman–Crippen MR) is 114 cm³/mol. The second-order valence-corrected chi connectivity index (χ2v) is 8.55. The van der Waals surface area contributed by atoms with E-state index in [0.29, 0.717) is 23.0 Å². The Kier molecular flexibility index (Phi) is 6.79. The van der Waals surface area contributed by atoms with E-state index in [1.165, 1.54) is 12.1 Å². The number of halogens is 1. The molecule has 29 heavy (non-hydrogen) atoms. The highest BCUT2D eigenvalue weighted by Crippen LogP contribution is 2.35. The Bertz CT molecular complexity index is 873. The molecule has 1 heterocycles. The summed E-state index contributed by atoms with van der Waals surface area (Å²) >= 11 is 1.59. The number of ether oxygens (including phenoxy) is 1. The SMILES string of the molecule is COc1ccc(C(=O)N2C(CC(C)C)SCC2C(=O)Nc2ccccc2F)cc1. The van der Waals surface area contributed by atoms with Crippen molar-refractivity contribution in [2.45, 2.75) is 31.7 Å². The summed E-state index contributed by atoms with van der Waals surface area (Å²) in [5.74, 6) is 0.405. The van der Waals surface area contributed by atoms with Gasteiger partial charge in [0.05, 0.1) is 18.2 Å². The van der Waals surface area contributed by atoms with Crippen molar-refractivity contribution in [3.8, 4) is 5.75 Å². The highest BCUT2D eigenvalue weighted by Gasteiger charge is 2.42. The molecular weight excluding hydrogens is 391 g/mol. The zero-order chi connectivity index (χ0) is 21.0. The maximum atomic E-state index is 14.0. The first-order valence-electron chi connectivity index (χ1n) is 9.54. The number of carbonyl (C=O) groups excluding carboxylic acids is 2. The molecule has 154 valence electrons. The summed E-state index contributed by atoms with van der Waals surface area (Å²) in [5.41, 5.74) is 0.609. The van der Waals surface area contributed by atoms with Crippen LogP contribution in [0.5, 0.6) is 5.75 Å². The molecule has 1 saturated heterocycles. The molecule has 2 aromatic carbocycles. The molecule has 7 heteroatoms. The number of thioether (sulfide) groups is 1. The van der Waals surface area contributed by atoms with Crippen molar-refractivity contribution >= 4 is 29.3 Å². The molecule has 1 N–H and O–H groups in total. The van der Waals surface area contributed by atoms with Crippen LogP contribution < -0.4 is 10.1 Å². The standard InChI is InChI=1S/C22H25FN2O3S/c1-14(2)12-20-25(22(27)15-8-10-16(28-3)11-9-15)19(13-29-20)21(26)24-18-7-5-4-6-17(18)23/h4-11,14,19-20H,12-13H2,1-3H3,(H,24,26). The van der Waals surface area contributed by atoms with Crippen LogP contribution in [0, 0.1) is 11.7 Å². The van der Waals surface area contributed by atoms with Gasteiger partial charge in [-0.3, -0.25) is 9.59 Å². The Morgan fingerprint density at radius 1 is 1.21 bits per heavy atom. The molecule has 1 aliphatic rings. The fraction of sp³-hybridized carbons (Fsp3) is 0.364. The average Bonchev–Trinajstić information content (AvgIpc) is 3.12. The van der Waals surface area contributed by atoms with Gasteiger partial charge in [-0.2, -0.15) is 0 Å². The van der Waals surface area contributed by atoms with Crippen LogP contribution in [0.3, 0.4) is 0 Å². The van der Waals surface area contributed by atoms with Crippen LogP contribution in [-0.2, 0) is 4.79 Å². The molecule has 3 rings (SSSR count). The van der Waals surface area contributed by atoms with E-state index in [9.17, 15) is 14.0 Å². The number of hydrogen-bond acceptors (Lipinski definition) is 4. The Morgan fingerprint density at radius 2 is 1.90 bits per heavy atom. The van der Waals surface area contributed by atoms with Crippen LogP contribution in [0.15, 0.2) is 48.5 Å². The van der Waals surface area contributed by atoms with Gasteiger partial charge >= 0.3 is 0 Å². The molecule has 2 atom stereocenters. The third kappa shape index (κ3) is 4.90. The van der Waals surface area contributed by atoms with Crippen molar-refractivity contribution < 1.29 is 18.7 Å². The van der Waals surface area contributed by atoms with E-state index in [4.69, 9.17) is 4.74 Å². The predicted octanol–water partition coefficient (Wildman–Crippen LogP) is 4.40. The summed E-state index contributed by atoms with van der Waals surface area (Å²) in [7, 11) is 1.57. The largest absolute Gasteiger partial charge is 0.497 e. The smallest absolute Gasteiger partial charge is 0.255 e. The number of amides is 2. The van der Waals surface area contributed by atoms with E-state index in [1.54, 1.807) is 60.2 Å². The lowest BCUT2D eigenvalue weighted by Crippen LogP contribution is -2.48. The summed E-state index contributed by atoms with van der Waals surface area (Å²) < 4.78 is 19.1. The second kappa shape index (κ2) is 9.31. The number of anilines is 1. The third-order valence-corrected chi connectivity index (χ3v) is 6.08. The van der Waals surface area contributed by atoms with Gasteiger partial charge in [0.25, 0.3) is 5.91 Å². The van der Waals surface area contributed by atoms with Crippen molar-refractivity contribution in [1.82, 2.24) is 4.90 Å². The number of rotatable bonds is 6. The Labute approximate surface area is 174 Å². The zero-order valence-electron chi connectivity index (χ0n) is 16.7. The van der Waals surface area contributed by atoms with E-state index >= 15 is 0 Å². The number of methoxy groups -OCH3 is 1. The minimum atomic E-state index is -0.669. The van der Waals surface area contributed by atoms with Gasteiger partial charge in [-0.1, -0.05) is 26.0 Å². The second-order valence-electron chi connectivity index (χ2n) is 7.34. The first kappa shape index (κ1) is 21.2. The number of para-hydroxylation sites is 1. The molecule has 1 fully saturated rings. The molecule has 0 aliphatic carbocycles. The highest BCUT2D eigenvalue weighted by atomic mass is 32.2. The number of nitrogens with one attached hydrogen (secondary N) is 1. The zero-order valence-corrected chi connectivity index (χ0v) is 17.5. The van der Waals surface area contributed by atoms with Gasteiger partial charge in [-0.15, -0.1) is 11.8 Å². The maximum absolute atomic E-state index is 14.0. The van der Waals surface area contributed by atoms with Gasteiger partial charge in [-0.05, 0) is 48.7 Å². The third-order valence-electron chi connectivity index (χ3n) is 4.77. The van der Waals surface area contributed by atoms with Gasteiger partial charge in [0, 0.05) is 11.3 Å². The van der Waals surface area contributed by atoms with Crippen molar-refractivity contribution in [1.29, 1.82) is 0 Å². The minimum Gasteiger partial charge on any atom is -0.497 e. The lowest BCUT2D eigenvalue weighted by atomic mass is 10.1. The molecule has 1 aliphatic heterocycles. The summed E-state index contributed by atoms with van der Waals surface area (Å²) in [4.78, 5) is 27.9. The molecule has 5 nitrogen and oxygen atoms in total.